The molecule has 0 radical (unpaired) electrons. The summed E-state index contributed by atoms with van der Waals surface area (Å²) in [4.78, 5) is 26.7. The predicted molar refractivity (Wildman–Crippen MR) is 114 cm³/mol. The highest BCUT2D eigenvalue weighted by molar-refractivity contribution is 5.99. The van der Waals surface area contributed by atoms with E-state index in [0.29, 0.717) is 41.0 Å². The van der Waals surface area contributed by atoms with Crippen LogP contribution in [0.2, 0.25) is 0 Å². The van der Waals surface area contributed by atoms with Gasteiger partial charge in [0.1, 0.15) is 11.8 Å². The molecular weight excluding hydrogens is 416 g/mol. The van der Waals surface area contributed by atoms with Gasteiger partial charge in [-0.05, 0) is 23.8 Å². The van der Waals surface area contributed by atoms with Crippen LogP contribution in [0, 0.1) is 0 Å². The Balaban J connectivity index is 1.71. The molecule has 0 atom stereocenters. The minimum atomic E-state index is -0.400. The maximum Gasteiger partial charge on any atom is 0.282 e. The van der Waals surface area contributed by atoms with E-state index >= 15 is 0 Å². The van der Waals surface area contributed by atoms with E-state index < -0.39 is 5.91 Å². The average molecular weight is 438 g/mol. The number of amides is 1. The van der Waals surface area contributed by atoms with Crippen molar-refractivity contribution in [3.8, 4) is 22.9 Å². The van der Waals surface area contributed by atoms with Gasteiger partial charge in [-0.1, -0.05) is 6.07 Å². The molecule has 0 aliphatic heterocycles. The Morgan fingerprint density at radius 1 is 1.19 bits per heavy atom. The van der Waals surface area contributed by atoms with E-state index in [4.69, 9.17) is 18.7 Å². The first-order valence-corrected chi connectivity index (χ1v) is 9.61. The number of ether oxygens (including phenoxy) is 2. The van der Waals surface area contributed by atoms with Gasteiger partial charge in [0.15, 0.2) is 23.0 Å². The van der Waals surface area contributed by atoms with Gasteiger partial charge in [-0.3, -0.25) is 9.63 Å². The third-order valence-electron chi connectivity index (χ3n) is 4.83. The fraction of sp³-hybridized carbons (Fsp3) is 0.238. The van der Waals surface area contributed by atoms with Gasteiger partial charge in [0, 0.05) is 19.8 Å². The molecular formula is C21H22N6O5. The topological polar surface area (TPSA) is 116 Å². The first kappa shape index (κ1) is 21.1. The Kier molecular flexibility index (Phi) is 5.90. The average Bonchev–Trinajstić information content (AvgIpc) is 3.51. The number of hydrogen-bond acceptors (Lipinski definition) is 9. The first-order chi connectivity index (χ1) is 15.5. The number of hydroxylamine groups is 2. The van der Waals surface area contributed by atoms with Gasteiger partial charge in [0.25, 0.3) is 5.91 Å². The standard InChI is InChI=1S/C21H22N6O5/c1-26(31-4)20(28)15-11-23-21(22-10-13-5-6-16(29-2)17(9-13)30-3)27-19(15)24-18(25-27)14-7-8-32-12-14/h5-9,11-12H,10H2,1-4H3,(H,22,23). The third kappa shape index (κ3) is 3.93. The van der Waals surface area contributed by atoms with Crippen molar-refractivity contribution in [3.05, 3.63) is 54.1 Å². The number of anilines is 1. The summed E-state index contributed by atoms with van der Waals surface area (Å²) >= 11 is 0. The van der Waals surface area contributed by atoms with Crippen LogP contribution in [0.3, 0.4) is 0 Å². The molecule has 1 aromatic carbocycles. The molecule has 3 heterocycles. The third-order valence-corrected chi connectivity index (χ3v) is 4.83. The van der Waals surface area contributed by atoms with Crippen molar-refractivity contribution in [1.82, 2.24) is 24.6 Å². The van der Waals surface area contributed by atoms with Crippen LogP contribution in [-0.2, 0) is 11.4 Å². The SMILES string of the molecule is COc1ccc(CNc2ncc(C(=O)N(C)OC)c3nc(-c4ccoc4)nn23)cc1OC. The first-order valence-electron chi connectivity index (χ1n) is 9.61. The highest BCUT2D eigenvalue weighted by Gasteiger charge is 2.22. The van der Waals surface area contributed by atoms with Crippen molar-refractivity contribution in [2.24, 2.45) is 0 Å². The summed E-state index contributed by atoms with van der Waals surface area (Å²) in [7, 11) is 6.08. The second-order valence-corrected chi connectivity index (χ2v) is 6.71. The van der Waals surface area contributed by atoms with Gasteiger partial charge in [0.05, 0.1) is 33.2 Å². The van der Waals surface area contributed by atoms with Crippen LogP contribution < -0.4 is 14.8 Å². The normalized spacial score (nSPS) is 10.9. The molecule has 1 N–H and O–H groups in total. The van der Waals surface area contributed by atoms with E-state index in [1.54, 1.807) is 20.3 Å². The van der Waals surface area contributed by atoms with Crippen LogP contribution in [0.4, 0.5) is 5.95 Å². The molecule has 3 aromatic heterocycles. The Hall–Kier alpha value is -4.12. The zero-order valence-corrected chi connectivity index (χ0v) is 18.0. The van der Waals surface area contributed by atoms with Crippen molar-refractivity contribution >= 4 is 17.5 Å². The number of rotatable bonds is 8. The van der Waals surface area contributed by atoms with Crippen LogP contribution in [0.25, 0.3) is 17.0 Å². The lowest BCUT2D eigenvalue weighted by molar-refractivity contribution is -0.0756. The molecule has 4 rings (SSSR count). The van der Waals surface area contributed by atoms with E-state index in [-0.39, 0.29) is 5.56 Å². The Bertz CT molecular complexity index is 1240. The van der Waals surface area contributed by atoms with Gasteiger partial charge < -0.3 is 19.2 Å². The van der Waals surface area contributed by atoms with Crippen molar-refractivity contribution in [1.29, 1.82) is 0 Å². The van der Waals surface area contributed by atoms with Gasteiger partial charge >= 0.3 is 0 Å². The van der Waals surface area contributed by atoms with Crippen molar-refractivity contribution in [3.63, 3.8) is 0 Å². The number of methoxy groups -OCH3 is 2. The molecule has 0 bridgehead atoms. The van der Waals surface area contributed by atoms with Gasteiger partial charge in [-0.15, -0.1) is 5.10 Å². The van der Waals surface area contributed by atoms with Crippen molar-refractivity contribution < 1.29 is 23.5 Å². The fourth-order valence-electron chi connectivity index (χ4n) is 3.08. The summed E-state index contributed by atoms with van der Waals surface area (Å²) in [6.45, 7) is 0.425. The molecule has 0 spiro atoms. The molecule has 11 heteroatoms. The minimum Gasteiger partial charge on any atom is -0.493 e. The van der Waals surface area contributed by atoms with Crippen LogP contribution in [0.1, 0.15) is 15.9 Å². The maximum atomic E-state index is 12.7. The number of hydrogen-bond donors (Lipinski definition) is 1. The number of benzene rings is 1. The van der Waals surface area contributed by atoms with Crippen molar-refractivity contribution in [2.45, 2.75) is 6.54 Å². The lowest BCUT2D eigenvalue weighted by Crippen LogP contribution is -2.26. The molecule has 0 aliphatic rings. The number of furan rings is 1. The quantitative estimate of drug-likeness (QED) is 0.414. The zero-order chi connectivity index (χ0) is 22.7. The maximum absolute atomic E-state index is 12.7. The van der Waals surface area contributed by atoms with E-state index in [9.17, 15) is 4.79 Å². The zero-order valence-electron chi connectivity index (χ0n) is 18.0. The Morgan fingerprint density at radius 2 is 2.00 bits per heavy atom. The molecule has 4 aromatic rings. The Labute approximate surface area is 183 Å². The number of nitrogens with one attached hydrogen (secondary N) is 1. The highest BCUT2D eigenvalue weighted by Crippen LogP contribution is 2.28. The summed E-state index contributed by atoms with van der Waals surface area (Å²) < 4.78 is 17.3. The minimum absolute atomic E-state index is 0.244. The lowest BCUT2D eigenvalue weighted by Gasteiger charge is -2.14. The van der Waals surface area contributed by atoms with Crippen LogP contribution >= 0.6 is 0 Å². The number of carbonyl (C=O) groups excluding carboxylic acids is 1. The monoisotopic (exact) mass is 438 g/mol. The molecule has 0 aliphatic carbocycles. The highest BCUT2D eigenvalue weighted by atomic mass is 16.7. The summed E-state index contributed by atoms with van der Waals surface area (Å²) in [6.07, 6.45) is 4.50. The number of fused-ring (bicyclic) bond motifs is 1. The molecule has 0 saturated heterocycles. The van der Waals surface area contributed by atoms with Crippen LogP contribution in [0.5, 0.6) is 11.5 Å². The summed E-state index contributed by atoms with van der Waals surface area (Å²) in [6, 6.07) is 7.34. The molecule has 166 valence electrons. The largest absolute Gasteiger partial charge is 0.493 e. The van der Waals surface area contributed by atoms with Crippen molar-refractivity contribution in [2.75, 3.05) is 33.7 Å². The Morgan fingerprint density at radius 3 is 2.69 bits per heavy atom. The fourth-order valence-corrected chi connectivity index (χ4v) is 3.08. The van der Waals surface area contributed by atoms with E-state index in [1.165, 1.54) is 37.4 Å². The number of nitrogens with zero attached hydrogens (tertiary/aromatic N) is 5. The summed E-state index contributed by atoms with van der Waals surface area (Å²) in [5, 5.41) is 8.85. The van der Waals surface area contributed by atoms with Crippen LogP contribution in [0.15, 0.2) is 47.4 Å². The van der Waals surface area contributed by atoms with Gasteiger partial charge in [-0.2, -0.15) is 4.52 Å². The lowest BCUT2D eigenvalue weighted by atomic mass is 10.2. The van der Waals surface area contributed by atoms with E-state index in [0.717, 1.165) is 10.6 Å². The molecule has 11 nitrogen and oxygen atoms in total. The molecule has 0 fully saturated rings. The number of aromatic nitrogens is 4. The molecule has 0 saturated carbocycles. The summed E-state index contributed by atoms with van der Waals surface area (Å²) in [5.74, 6) is 1.67. The van der Waals surface area contributed by atoms with Gasteiger partial charge in [0.2, 0.25) is 5.95 Å². The van der Waals surface area contributed by atoms with Gasteiger partial charge in [-0.25, -0.2) is 15.0 Å². The molecule has 32 heavy (non-hydrogen) atoms. The summed E-state index contributed by atoms with van der Waals surface area (Å²) in [5.41, 5.74) is 2.19. The smallest absolute Gasteiger partial charge is 0.282 e. The molecule has 1 amide bonds. The molecule has 0 unspecified atom stereocenters. The predicted octanol–water partition coefficient (Wildman–Crippen LogP) is 2.65. The number of carbonyl (C=O) groups is 1. The van der Waals surface area contributed by atoms with Crippen LogP contribution in [-0.4, -0.2) is 58.9 Å². The second-order valence-electron chi connectivity index (χ2n) is 6.71. The van der Waals surface area contributed by atoms with E-state index in [1.807, 2.05) is 18.2 Å². The van der Waals surface area contributed by atoms with E-state index in [2.05, 4.69) is 20.4 Å². The second kappa shape index (κ2) is 8.94.